The minimum atomic E-state index is -0.537. The Morgan fingerprint density at radius 1 is 0.970 bits per heavy atom. The molecule has 7 nitrogen and oxygen atoms in total. The fourth-order valence-electron chi connectivity index (χ4n) is 2.64. The van der Waals surface area contributed by atoms with Gasteiger partial charge in [0.1, 0.15) is 5.75 Å². The minimum Gasteiger partial charge on any atom is -0.493 e. The smallest absolute Gasteiger partial charge is 0.336 e. The largest absolute Gasteiger partial charge is 0.493 e. The number of amides is 1. The van der Waals surface area contributed by atoms with Gasteiger partial charge in [-0.1, -0.05) is 48.0 Å². The molecule has 0 aliphatic rings. The molecule has 0 bridgehead atoms. The molecule has 0 heterocycles. The lowest BCUT2D eigenvalue weighted by atomic mass is 10.2. The van der Waals surface area contributed by atoms with E-state index in [0.29, 0.717) is 22.1 Å². The van der Waals surface area contributed by atoms with Crippen molar-refractivity contribution in [2.24, 2.45) is 5.10 Å². The minimum absolute atomic E-state index is 0.216. The number of benzene rings is 3. The summed E-state index contributed by atoms with van der Waals surface area (Å²) in [4.78, 5) is 24.0. The molecule has 1 amide bonds. The fraction of sp³-hybridized carbons (Fsp3) is 0.0800. The van der Waals surface area contributed by atoms with E-state index in [-0.39, 0.29) is 12.4 Å². The van der Waals surface area contributed by atoms with Crippen LogP contribution in [-0.2, 0) is 9.59 Å². The van der Waals surface area contributed by atoms with E-state index in [1.807, 2.05) is 30.3 Å². The molecule has 3 aromatic carbocycles. The lowest BCUT2D eigenvalue weighted by molar-refractivity contribution is -0.129. The monoisotopic (exact) mass is 464 g/mol. The molecule has 0 aromatic heterocycles. The van der Waals surface area contributed by atoms with E-state index in [1.165, 1.54) is 19.4 Å². The van der Waals surface area contributed by atoms with Crippen molar-refractivity contribution in [3.05, 3.63) is 95.0 Å². The third kappa shape index (κ3) is 7.83. The van der Waals surface area contributed by atoms with E-state index in [0.717, 1.165) is 5.56 Å². The number of carbonyl (C=O) groups is 2. The number of rotatable bonds is 9. The second-order valence-corrected chi connectivity index (χ2v) is 7.05. The van der Waals surface area contributed by atoms with Crippen LogP contribution in [0.5, 0.6) is 17.2 Å². The van der Waals surface area contributed by atoms with Gasteiger partial charge in [0.15, 0.2) is 18.1 Å². The van der Waals surface area contributed by atoms with Gasteiger partial charge in [-0.15, -0.1) is 0 Å². The average Bonchev–Trinajstić information content (AvgIpc) is 2.83. The Hall–Kier alpha value is -4.10. The van der Waals surface area contributed by atoms with E-state index < -0.39 is 11.9 Å². The Morgan fingerprint density at radius 2 is 1.79 bits per heavy atom. The Labute approximate surface area is 196 Å². The summed E-state index contributed by atoms with van der Waals surface area (Å²) < 4.78 is 16.0. The van der Waals surface area contributed by atoms with Crippen LogP contribution in [0.15, 0.2) is 84.0 Å². The quantitative estimate of drug-likeness (QED) is 0.166. The van der Waals surface area contributed by atoms with E-state index in [2.05, 4.69) is 10.5 Å². The molecule has 0 fully saturated rings. The molecule has 33 heavy (non-hydrogen) atoms. The van der Waals surface area contributed by atoms with Crippen molar-refractivity contribution in [3.8, 4) is 17.2 Å². The molecule has 0 spiro atoms. The Bertz CT molecular complexity index is 1160. The molecule has 0 atom stereocenters. The van der Waals surface area contributed by atoms with Crippen LogP contribution in [0.25, 0.3) is 6.08 Å². The maximum Gasteiger partial charge on any atom is 0.336 e. The molecule has 0 unspecified atom stereocenters. The SMILES string of the molecule is COc1cc(/C=N\NC(=O)COc2cccc(Cl)c2)ccc1OC(=O)/C=C/c1ccccc1. The van der Waals surface area contributed by atoms with Crippen LogP contribution in [0.4, 0.5) is 0 Å². The molecule has 0 saturated heterocycles. The topological polar surface area (TPSA) is 86.2 Å². The summed E-state index contributed by atoms with van der Waals surface area (Å²) in [6, 6.07) is 21.0. The van der Waals surface area contributed by atoms with Gasteiger partial charge in [-0.3, -0.25) is 4.79 Å². The van der Waals surface area contributed by atoms with E-state index >= 15 is 0 Å². The highest BCUT2D eigenvalue weighted by atomic mass is 35.5. The number of nitrogens with one attached hydrogen (secondary N) is 1. The van der Waals surface area contributed by atoms with Gasteiger partial charge in [0.2, 0.25) is 0 Å². The van der Waals surface area contributed by atoms with Crippen LogP contribution in [0.3, 0.4) is 0 Å². The highest BCUT2D eigenvalue weighted by Gasteiger charge is 2.09. The van der Waals surface area contributed by atoms with Crippen molar-refractivity contribution in [1.29, 1.82) is 0 Å². The normalized spacial score (nSPS) is 10.8. The predicted octanol–water partition coefficient (Wildman–Crippen LogP) is 4.50. The molecule has 0 radical (unpaired) electrons. The number of nitrogens with zero attached hydrogens (tertiary/aromatic N) is 1. The maximum absolute atomic E-state index is 12.1. The molecule has 0 saturated carbocycles. The summed E-state index contributed by atoms with van der Waals surface area (Å²) in [5.41, 5.74) is 3.88. The first-order chi connectivity index (χ1) is 16.0. The van der Waals surface area contributed by atoms with Crippen LogP contribution in [0.1, 0.15) is 11.1 Å². The van der Waals surface area contributed by atoms with Gasteiger partial charge in [-0.2, -0.15) is 5.10 Å². The summed E-state index contributed by atoms with van der Waals surface area (Å²) >= 11 is 5.87. The number of halogens is 1. The zero-order valence-electron chi connectivity index (χ0n) is 17.7. The highest BCUT2D eigenvalue weighted by molar-refractivity contribution is 6.30. The van der Waals surface area contributed by atoms with Crippen molar-refractivity contribution < 1.29 is 23.8 Å². The van der Waals surface area contributed by atoms with Gasteiger partial charge in [-0.05, 0) is 53.6 Å². The van der Waals surface area contributed by atoms with Gasteiger partial charge >= 0.3 is 5.97 Å². The van der Waals surface area contributed by atoms with Gasteiger partial charge < -0.3 is 14.2 Å². The Balaban J connectivity index is 1.53. The maximum atomic E-state index is 12.1. The third-order valence-corrected chi connectivity index (χ3v) is 4.41. The second kappa shape index (κ2) is 12.1. The van der Waals surface area contributed by atoms with Crippen molar-refractivity contribution in [2.45, 2.75) is 0 Å². The van der Waals surface area contributed by atoms with Crippen LogP contribution in [0, 0.1) is 0 Å². The molecular weight excluding hydrogens is 444 g/mol. The average molecular weight is 465 g/mol. The van der Waals surface area contributed by atoms with Crippen LogP contribution in [0.2, 0.25) is 5.02 Å². The number of hydrazone groups is 1. The van der Waals surface area contributed by atoms with Gasteiger partial charge in [-0.25, -0.2) is 10.2 Å². The van der Waals surface area contributed by atoms with Gasteiger partial charge in [0, 0.05) is 11.1 Å². The fourth-order valence-corrected chi connectivity index (χ4v) is 2.82. The zero-order valence-corrected chi connectivity index (χ0v) is 18.5. The standard InChI is InChI=1S/C25H21ClN2O5/c1-31-23-14-19(16-27-28-24(29)17-32-21-9-5-8-20(26)15-21)10-12-22(23)33-25(30)13-11-18-6-3-2-4-7-18/h2-16H,17H2,1H3,(H,28,29)/b13-11+,27-16-. The highest BCUT2D eigenvalue weighted by Crippen LogP contribution is 2.28. The number of methoxy groups -OCH3 is 1. The second-order valence-electron chi connectivity index (χ2n) is 6.61. The number of ether oxygens (including phenoxy) is 3. The Kier molecular flexibility index (Phi) is 8.62. The summed E-state index contributed by atoms with van der Waals surface area (Å²) in [7, 11) is 1.46. The summed E-state index contributed by atoms with van der Waals surface area (Å²) in [5, 5.41) is 4.41. The number of esters is 1. The predicted molar refractivity (Wildman–Crippen MR) is 127 cm³/mol. The molecule has 3 aromatic rings. The van der Waals surface area contributed by atoms with Crippen molar-refractivity contribution in [3.63, 3.8) is 0 Å². The Morgan fingerprint density at radius 3 is 2.55 bits per heavy atom. The van der Waals surface area contributed by atoms with E-state index in [4.69, 9.17) is 25.8 Å². The van der Waals surface area contributed by atoms with E-state index in [1.54, 1.807) is 48.5 Å². The first-order valence-electron chi connectivity index (χ1n) is 9.87. The summed E-state index contributed by atoms with van der Waals surface area (Å²) in [6.07, 6.45) is 4.43. The molecule has 8 heteroatoms. The lowest BCUT2D eigenvalue weighted by Gasteiger charge is -2.08. The molecule has 168 valence electrons. The zero-order chi connectivity index (χ0) is 23.5. The summed E-state index contributed by atoms with van der Waals surface area (Å²) in [6.45, 7) is -0.216. The van der Waals surface area contributed by atoms with Crippen molar-refractivity contribution in [2.75, 3.05) is 13.7 Å². The summed E-state index contributed by atoms with van der Waals surface area (Å²) in [5.74, 6) is 0.113. The van der Waals surface area contributed by atoms with Crippen molar-refractivity contribution >= 4 is 35.8 Å². The third-order valence-electron chi connectivity index (χ3n) is 4.18. The first kappa shape index (κ1) is 23.6. The van der Waals surface area contributed by atoms with E-state index in [9.17, 15) is 9.59 Å². The number of carbonyl (C=O) groups excluding carboxylic acids is 2. The van der Waals surface area contributed by atoms with Crippen LogP contribution in [-0.4, -0.2) is 31.8 Å². The number of hydrogen-bond donors (Lipinski definition) is 1. The van der Waals surface area contributed by atoms with Crippen LogP contribution >= 0.6 is 11.6 Å². The molecule has 1 N–H and O–H groups in total. The molecule has 0 aliphatic carbocycles. The van der Waals surface area contributed by atoms with Crippen molar-refractivity contribution in [1.82, 2.24) is 5.43 Å². The molecule has 0 aliphatic heterocycles. The first-order valence-corrected chi connectivity index (χ1v) is 10.2. The number of hydrogen-bond acceptors (Lipinski definition) is 6. The molecule has 3 rings (SSSR count). The van der Waals surface area contributed by atoms with Gasteiger partial charge in [0.25, 0.3) is 5.91 Å². The molecular formula is C25H21ClN2O5. The van der Waals surface area contributed by atoms with Gasteiger partial charge in [0.05, 0.1) is 13.3 Å². The lowest BCUT2D eigenvalue weighted by Crippen LogP contribution is -2.24. The van der Waals surface area contributed by atoms with Crippen LogP contribution < -0.4 is 19.6 Å².